The van der Waals surface area contributed by atoms with Crippen molar-refractivity contribution in [1.82, 2.24) is 9.80 Å². The molecule has 0 aromatic heterocycles. The van der Waals surface area contributed by atoms with Gasteiger partial charge in [-0.05, 0) is 19.2 Å². The highest BCUT2D eigenvalue weighted by Gasteiger charge is 2.16. The minimum atomic E-state index is 0.469. The lowest BCUT2D eigenvalue weighted by Gasteiger charge is -2.33. The van der Waals surface area contributed by atoms with Crippen LogP contribution in [0.1, 0.15) is 6.92 Å². The molecule has 2 N–H and O–H groups in total. The number of hydrogen-bond acceptors (Lipinski definition) is 4. The van der Waals surface area contributed by atoms with Crippen LogP contribution in [0.25, 0.3) is 0 Å². The van der Waals surface area contributed by atoms with Crippen molar-refractivity contribution in [3.63, 3.8) is 0 Å². The summed E-state index contributed by atoms with van der Waals surface area (Å²) >= 11 is 5.95. The Morgan fingerprint density at radius 1 is 1.30 bits per heavy atom. The topological polar surface area (TPSA) is 41.7 Å². The van der Waals surface area contributed by atoms with Gasteiger partial charge in [0.05, 0.1) is 12.3 Å². The van der Waals surface area contributed by atoms with Gasteiger partial charge in [0.1, 0.15) is 5.75 Å². The zero-order valence-electron chi connectivity index (χ0n) is 12.3. The monoisotopic (exact) mass is 297 g/mol. The van der Waals surface area contributed by atoms with Crippen LogP contribution in [-0.2, 0) is 0 Å². The number of ether oxygens (including phenoxy) is 1. The fourth-order valence-electron chi connectivity index (χ4n) is 2.39. The first-order valence-electron chi connectivity index (χ1n) is 7.13. The second-order valence-electron chi connectivity index (χ2n) is 5.70. The Labute approximate surface area is 126 Å². The molecule has 1 aromatic rings. The molecule has 0 spiro atoms. The number of nitrogen functional groups attached to an aromatic ring is 1. The molecule has 1 aliphatic heterocycles. The molecule has 5 heteroatoms. The number of anilines is 1. The lowest BCUT2D eigenvalue weighted by molar-refractivity contribution is 0.123. The molecule has 0 bridgehead atoms. The van der Waals surface area contributed by atoms with Crippen molar-refractivity contribution >= 4 is 17.3 Å². The van der Waals surface area contributed by atoms with Crippen molar-refractivity contribution in [2.45, 2.75) is 6.92 Å². The first kappa shape index (κ1) is 15.4. The molecule has 1 fully saturated rings. The van der Waals surface area contributed by atoms with Gasteiger partial charge in [0.25, 0.3) is 0 Å². The second-order valence-corrected chi connectivity index (χ2v) is 6.14. The van der Waals surface area contributed by atoms with Gasteiger partial charge in [-0.25, -0.2) is 0 Å². The Hall–Kier alpha value is -0.970. The fraction of sp³-hybridized carbons (Fsp3) is 0.600. The van der Waals surface area contributed by atoms with E-state index in [2.05, 4.69) is 23.8 Å². The summed E-state index contributed by atoms with van der Waals surface area (Å²) in [4.78, 5) is 4.86. The molecule has 2 rings (SSSR count). The van der Waals surface area contributed by atoms with Gasteiger partial charge in [0, 0.05) is 49.7 Å². The minimum absolute atomic E-state index is 0.469. The fourth-order valence-corrected chi connectivity index (χ4v) is 2.55. The van der Waals surface area contributed by atoms with Gasteiger partial charge >= 0.3 is 0 Å². The van der Waals surface area contributed by atoms with Crippen LogP contribution in [0, 0.1) is 5.92 Å². The van der Waals surface area contributed by atoms with Crippen molar-refractivity contribution < 1.29 is 4.74 Å². The van der Waals surface area contributed by atoms with Crippen LogP contribution in [0.2, 0.25) is 5.02 Å². The van der Waals surface area contributed by atoms with Gasteiger partial charge in [-0.1, -0.05) is 18.5 Å². The summed E-state index contributed by atoms with van der Waals surface area (Å²) in [5.74, 6) is 1.15. The van der Waals surface area contributed by atoms with Crippen molar-refractivity contribution in [1.29, 1.82) is 0 Å². The van der Waals surface area contributed by atoms with Gasteiger partial charge in [-0.15, -0.1) is 0 Å². The van der Waals surface area contributed by atoms with Gasteiger partial charge in [0.15, 0.2) is 0 Å². The van der Waals surface area contributed by atoms with E-state index in [-0.39, 0.29) is 0 Å². The average Bonchev–Trinajstić information content (AvgIpc) is 2.42. The zero-order chi connectivity index (χ0) is 14.5. The van der Waals surface area contributed by atoms with E-state index in [0.29, 0.717) is 29.0 Å². The van der Waals surface area contributed by atoms with Crippen LogP contribution in [0.15, 0.2) is 18.2 Å². The third kappa shape index (κ3) is 4.54. The molecular weight excluding hydrogens is 274 g/mol. The molecule has 20 heavy (non-hydrogen) atoms. The molecule has 0 saturated carbocycles. The molecular formula is C15H24ClN3O. The molecule has 112 valence electrons. The lowest BCUT2D eigenvalue weighted by Crippen LogP contribution is -2.46. The van der Waals surface area contributed by atoms with Gasteiger partial charge in [-0.2, -0.15) is 0 Å². The Bertz CT molecular complexity index is 433. The van der Waals surface area contributed by atoms with E-state index in [4.69, 9.17) is 22.1 Å². The summed E-state index contributed by atoms with van der Waals surface area (Å²) in [6.45, 7) is 8.51. The molecule has 1 saturated heterocycles. The highest BCUT2D eigenvalue weighted by Crippen LogP contribution is 2.25. The third-order valence-electron chi connectivity index (χ3n) is 3.66. The molecule has 1 aromatic carbocycles. The molecule has 1 aliphatic rings. The number of benzene rings is 1. The molecule has 1 heterocycles. The Balaban J connectivity index is 1.77. The van der Waals surface area contributed by atoms with Gasteiger partial charge in [-0.3, -0.25) is 0 Å². The van der Waals surface area contributed by atoms with E-state index in [9.17, 15) is 0 Å². The summed E-state index contributed by atoms with van der Waals surface area (Å²) in [6, 6.07) is 5.33. The predicted molar refractivity (Wildman–Crippen MR) is 84.5 cm³/mol. The van der Waals surface area contributed by atoms with Gasteiger partial charge in [0.2, 0.25) is 0 Å². The molecule has 4 nitrogen and oxygen atoms in total. The molecule has 1 unspecified atom stereocenters. The Morgan fingerprint density at radius 3 is 2.70 bits per heavy atom. The van der Waals surface area contributed by atoms with E-state index in [1.54, 1.807) is 18.2 Å². The predicted octanol–water partition coefficient (Wildman–Crippen LogP) is 2.18. The van der Waals surface area contributed by atoms with E-state index >= 15 is 0 Å². The summed E-state index contributed by atoms with van der Waals surface area (Å²) < 4.78 is 5.80. The molecule has 1 atom stereocenters. The molecule has 0 radical (unpaired) electrons. The number of hydrogen-bond donors (Lipinski definition) is 1. The van der Waals surface area contributed by atoms with Crippen LogP contribution in [-0.4, -0.2) is 56.2 Å². The number of rotatable bonds is 5. The molecule has 0 amide bonds. The van der Waals surface area contributed by atoms with Gasteiger partial charge < -0.3 is 20.3 Å². The van der Waals surface area contributed by atoms with Crippen molar-refractivity contribution in [3.8, 4) is 5.75 Å². The maximum absolute atomic E-state index is 5.95. The molecule has 0 aliphatic carbocycles. The smallest absolute Gasteiger partial charge is 0.143 e. The van der Waals surface area contributed by atoms with Crippen LogP contribution in [0.5, 0.6) is 5.75 Å². The van der Waals surface area contributed by atoms with E-state index in [0.717, 1.165) is 32.7 Å². The summed E-state index contributed by atoms with van der Waals surface area (Å²) in [5, 5.41) is 0.654. The first-order valence-corrected chi connectivity index (χ1v) is 7.51. The number of likely N-dealkylation sites (N-methyl/N-ethyl adjacent to an activating group) is 1. The van der Waals surface area contributed by atoms with E-state index < -0.39 is 0 Å². The number of nitrogens with two attached hydrogens (primary N) is 1. The highest BCUT2D eigenvalue weighted by molar-refractivity contribution is 6.30. The van der Waals surface area contributed by atoms with Crippen LogP contribution in [0.3, 0.4) is 0 Å². The standard InChI is InChI=1S/C15H24ClN3O/c1-12(10-19-7-5-18(2)6-8-19)11-20-15-9-13(16)3-4-14(15)17/h3-4,9,12H,5-8,10-11,17H2,1-2H3. The normalized spacial score (nSPS) is 18.9. The van der Waals surface area contributed by atoms with Crippen LogP contribution < -0.4 is 10.5 Å². The van der Waals surface area contributed by atoms with Crippen LogP contribution >= 0.6 is 11.6 Å². The van der Waals surface area contributed by atoms with Crippen LogP contribution in [0.4, 0.5) is 5.69 Å². The summed E-state index contributed by atoms with van der Waals surface area (Å²) in [5.41, 5.74) is 6.52. The minimum Gasteiger partial charge on any atom is -0.491 e. The largest absolute Gasteiger partial charge is 0.491 e. The summed E-state index contributed by atoms with van der Waals surface area (Å²) in [7, 11) is 2.17. The SMILES string of the molecule is CC(COc1cc(Cl)ccc1N)CN1CCN(C)CC1. The average molecular weight is 298 g/mol. The van der Waals surface area contributed by atoms with E-state index in [1.165, 1.54) is 0 Å². The van der Waals surface area contributed by atoms with Crippen molar-refractivity contribution in [2.75, 3.05) is 52.1 Å². The Kier molecular flexibility index (Phi) is 5.52. The number of halogens is 1. The van der Waals surface area contributed by atoms with Crippen molar-refractivity contribution in [2.24, 2.45) is 5.92 Å². The quantitative estimate of drug-likeness (QED) is 0.846. The Morgan fingerprint density at radius 2 is 2.00 bits per heavy atom. The lowest BCUT2D eigenvalue weighted by atomic mass is 10.1. The summed E-state index contributed by atoms with van der Waals surface area (Å²) in [6.07, 6.45) is 0. The van der Waals surface area contributed by atoms with E-state index in [1.807, 2.05) is 0 Å². The zero-order valence-corrected chi connectivity index (χ0v) is 13.1. The highest BCUT2D eigenvalue weighted by atomic mass is 35.5. The maximum Gasteiger partial charge on any atom is 0.143 e. The maximum atomic E-state index is 5.95. The number of piperazine rings is 1. The first-order chi connectivity index (χ1) is 9.54. The second kappa shape index (κ2) is 7.16. The van der Waals surface area contributed by atoms with Crippen molar-refractivity contribution in [3.05, 3.63) is 23.2 Å². The third-order valence-corrected chi connectivity index (χ3v) is 3.90. The number of nitrogens with zero attached hydrogens (tertiary/aromatic N) is 2.